The number of ether oxygens (including phenoxy) is 1. The number of likely N-dealkylation sites (N-methyl/N-ethyl adjacent to an activating group) is 1. The number of aromatic nitrogens is 3. The Bertz CT molecular complexity index is 1610. The molecule has 9 heteroatoms. The van der Waals surface area contributed by atoms with Gasteiger partial charge in [0, 0.05) is 47.2 Å². The van der Waals surface area contributed by atoms with E-state index in [4.69, 9.17) is 4.74 Å². The Morgan fingerprint density at radius 2 is 2.09 bits per heavy atom. The molecule has 172 valence electrons. The van der Waals surface area contributed by atoms with Gasteiger partial charge in [-0.05, 0) is 46.7 Å². The number of nitrogens with zero attached hydrogens (tertiary/aromatic N) is 3. The largest absolute Gasteiger partial charge is 0.490 e. The first kappa shape index (κ1) is 22.3. The second kappa shape index (κ2) is 9.02. The highest BCUT2D eigenvalue weighted by Crippen LogP contribution is 2.41. The van der Waals surface area contributed by atoms with Gasteiger partial charge >= 0.3 is 0 Å². The first-order valence-electron chi connectivity index (χ1n) is 10.6. The summed E-state index contributed by atoms with van der Waals surface area (Å²) in [5.74, 6) is 0.553. The fourth-order valence-electron chi connectivity index (χ4n) is 3.85. The van der Waals surface area contributed by atoms with E-state index in [2.05, 4.69) is 51.2 Å². The molecule has 0 aliphatic carbocycles. The summed E-state index contributed by atoms with van der Waals surface area (Å²) in [7, 11) is -2.01. The van der Waals surface area contributed by atoms with E-state index in [0.29, 0.717) is 5.75 Å². The minimum atomic E-state index is -3.50. The second-order valence-corrected chi connectivity index (χ2v) is 10.6. The van der Waals surface area contributed by atoms with Crippen LogP contribution in [0.25, 0.3) is 43.5 Å². The first-order chi connectivity index (χ1) is 16.5. The van der Waals surface area contributed by atoms with Gasteiger partial charge in [0.1, 0.15) is 12.4 Å². The molecule has 0 atom stereocenters. The smallest absolute Gasteiger partial charge is 0.235 e. The quantitative estimate of drug-likeness (QED) is 0.319. The maximum absolute atomic E-state index is 11.9. The van der Waals surface area contributed by atoms with Crippen LogP contribution in [0.2, 0.25) is 0 Å². The van der Waals surface area contributed by atoms with Crippen LogP contribution in [0.1, 0.15) is 0 Å². The molecule has 5 aromatic rings. The summed E-state index contributed by atoms with van der Waals surface area (Å²) in [6, 6.07) is 14.3. The van der Waals surface area contributed by atoms with Crippen LogP contribution in [0.5, 0.6) is 5.75 Å². The fraction of sp³-hybridized carbons (Fsp3) is 0.120. The van der Waals surface area contributed by atoms with Crippen LogP contribution in [0.15, 0.2) is 78.4 Å². The van der Waals surface area contributed by atoms with Gasteiger partial charge in [-0.3, -0.25) is 9.97 Å². The van der Waals surface area contributed by atoms with E-state index in [-0.39, 0.29) is 13.2 Å². The van der Waals surface area contributed by atoms with Crippen LogP contribution in [0.3, 0.4) is 0 Å². The van der Waals surface area contributed by atoms with E-state index in [1.807, 2.05) is 18.2 Å². The lowest BCUT2D eigenvalue weighted by Gasteiger charge is -2.16. The molecule has 7 nitrogen and oxygen atoms in total. The number of thiophene rings is 1. The summed E-state index contributed by atoms with van der Waals surface area (Å²) >= 11 is 1.70. The van der Waals surface area contributed by atoms with Crippen molar-refractivity contribution < 1.29 is 13.2 Å². The minimum absolute atomic E-state index is 0.164. The van der Waals surface area contributed by atoms with E-state index in [1.165, 1.54) is 21.4 Å². The van der Waals surface area contributed by atoms with Gasteiger partial charge in [0.25, 0.3) is 0 Å². The molecule has 0 amide bonds. The molecule has 0 fully saturated rings. The topological polar surface area (TPSA) is 88.2 Å². The lowest BCUT2D eigenvalue weighted by molar-refractivity contribution is 0.288. The minimum Gasteiger partial charge on any atom is -0.490 e. The maximum atomic E-state index is 11.9. The van der Waals surface area contributed by atoms with Gasteiger partial charge in [-0.1, -0.05) is 18.7 Å². The Morgan fingerprint density at radius 1 is 1.21 bits per heavy atom. The van der Waals surface area contributed by atoms with Gasteiger partial charge in [0.15, 0.2) is 0 Å². The highest BCUT2D eigenvalue weighted by atomic mass is 32.2. The van der Waals surface area contributed by atoms with Crippen molar-refractivity contribution in [3.63, 3.8) is 0 Å². The summed E-state index contributed by atoms with van der Waals surface area (Å²) < 4.78 is 32.3. The van der Waals surface area contributed by atoms with Crippen LogP contribution in [0.4, 0.5) is 0 Å². The fourth-order valence-corrected chi connectivity index (χ4v) is 5.27. The summed E-state index contributed by atoms with van der Waals surface area (Å²) in [4.78, 5) is 12.4. The number of hydrogen-bond donors (Lipinski definition) is 1. The Balaban J connectivity index is 1.56. The average Bonchev–Trinajstić information content (AvgIpc) is 3.48. The highest BCUT2D eigenvalue weighted by molar-refractivity contribution is 7.91. The molecule has 0 spiro atoms. The van der Waals surface area contributed by atoms with Crippen molar-refractivity contribution in [1.82, 2.24) is 19.3 Å². The van der Waals surface area contributed by atoms with E-state index in [9.17, 15) is 8.42 Å². The predicted octanol–water partition coefficient (Wildman–Crippen LogP) is 5.29. The summed E-state index contributed by atoms with van der Waals surface area (Å²) in [6.45, 7) is 3.70. The molecule has 0 saturated carbocycles. The second-order valence-electron chi connectivity index (χ2n) is 7.70. The average molecular weight is 491 g/mol. The third-order valence-corrected chi connectivity index (χ3v) is 8.01. The van der Waals surface area contributed by atoms with Crippen molar-refractivity contribution in [1.29, 1.82) is 0 Å². The molecule has 0 bridgehead atoms. The Morgan fingerprint density at radius 3 is 2.94 bits per heavy atom. The summed E-state index contributed by atoms with van der Waals surface area (Å²) in [5.41, 5.74) is 5.51. The van der Waals surface area contributed by atoms with Crippen molar-refractivity contribution in [2.45, 2.75) is 0 Å². The third kappa shape index (κ3) is 4.09. The monoisotopic (exact) mass is 490 g/mol. The van der Waals surface area contributed by atoms with Crippen molar-refractivity contribution in [2.24, 2.45) is 0 Å². The number of pyridine rings is 2. The number of aromatic amines is 1. The van der Waals surface area contributed by atoms with E-state index >= 15 is 0 Å². The zero-order valence-electron chi connectivity index (χ0n) is 18.4. The van der Waals surface area contributed by atoms with Gasteiger partial charge < -0.3 is 9.72 Å². The van der Waals surface area contributed by atoms with Crippen molar-refractivity contribution in [3.8, 4) is 28.1 Å². The molecule has 0 aliphatic heterocycles. The molecule has 34 heavy (non-hydrogen) atoms. The van der Waals surface area contributed by atoms with E-state index in [0.717, 1.165) is 38.8 Å². The Labute approximate surface area is 201 Å². The zero-order valence-corrected chi connectivity index (χ0v) is 20.1. The van der Waals surface area contributed by atoms with Crippen molar-refractivity contribution >= 4 is 42.5 Å². The van der Waals surface area contributed by atoms with Gasteiger partial charge in [0.05, 0.1) is 22.9 Å². The molecule has 5 rings (SSSR count). The molecule has 0 aliphatic rings. The lowest BCUT2D eigenvalue weighted by Crippen LogP contribution is -2.29. The highest BCUT2D eigenvalue weighted by Gasteiger charge is 2.20. The van der Waals surface area contributed by atoms with Gasteiger partial charge in [0.2, 0.25) is 10.0 Å². The third-order valence-electron chi connectivity index (χ3n) is 5.66. The first-order valence-corrected chi connectivity index (χ1v) is 13.0. The van der Waals surface area contributed by atoms with Crippen LogP contribution in [0, 0.1) is 0 Å². The summed E-state index contributed by atoms with van der Waals surface area (Å²) in [5, 5.41) is 4.22. The van der Waals surface area contributed by atoms with Gasteiger partial charge in [-0.25, -0.2) is 8.42 Å². The number of nitrogens with one attached hydrogen (secondary N) is 1. The van der Waals surface area contributed by atoms with Crippen LogP contribution in [-0.4, -0.2) is 47.9 Å². The number of hydrogen-bond acceptors (Lipinski definition) is 6. The molecule has 0 saturated heterocycles. The number of H-pyrrole nitrogens is 1. The van der Waals surface area contributed by atoms with Gasteiger partial charge in [-0.15, -0.1) is 11.3 Å². The molecular weight excluding hydrogens is 468 g/mol. The predicted molar refractivity (Wildman–Crippen MR) is 137 cm³/mol. The maximum Gasteiger partial charge on any atom is 0.235 e. The number of benzene rings is 1. The number of rotatable bonds is 8. The molecule has 1 N–H and O–H groups in total. The SMILES string of the molecule is C=CS(=O)(=O)N(C)CCOc1cnccc1-c1[nH]c2cccnc2c1-c1ccc2ccsc2c1. The van der Waals surface area contributed by atoms with Gasteiger partial charge in [-0.2, -0.15) is 4.31 Å². The normalized spacial score (nSPS) is 11.9. The standard InChI is InChI=1S/C25H22N4O3S2/c1-3-34(30,31)29(2)12-13-32-21-16-26-11-8-19(21)24-23(25-20(28-24)5-4-10-27-25)18-7-6-17-9-14-33-22(17)15-18/h3-11,14-16,28H,1,12-13H2,2H3. The van der Waals surface area contributed by atoms with Crippen LogP contribution < -0.4 is 4.74 Å². The zero-order chi connectivity index (χ0) is 23.7. The summed E-state index contributed by atoms with van der Waals surface area (Å²) in [6.07, 6.45) is 5.14. The molecule has 0 radical (unpaired) electrons. The number of sulfonamides is 1. The molecule has 4 aromatic heterocycles. The molecular formula is C25H22N4O3S2. The van der Waals surface area contributed by atoms with E-state index < -0.39 is 10.0 Å². The van der Waals surface area contributed by atoms with Crippen molar-refractivity contribution in [3.05, 3.63) is 78.4 Å². The number of fused-ring (bicyclic) bond motifs is 2. The molecule has 0 unspecified atom stereocenters. The Kier molecular flexibility index (Phi) is 5.91. The van der Waals surface area contributed by atoms with Crippen LogP contribution >= 0.6 is 11.3 Å². The lowest BCUT2D eigenvalue weighted by atomic mass is 10.00. The molecule has 4 heterocycles. The molecule has 1 aromatic carbocycles. The van der Waals surface area contributed by atoms with E-state index in [1.54, 1.807) is 29.9 Å². The Hall–Kier alpha value is -3.53. The van der Waals surface area contributed by atoms with Crippen molar-refractivity contribution in [2.75, 3.05) is 20.2 Å². The van der Waals surface area contributed by atoms with Crippen LogP contribution in [-0.2, 0) is 10.0 Å².